The summed E-state index contributed by atoms with van der Waals surface area (Å²) in [5.74, 6) is -0.829. The van der Waals surface area contributed by atoms with Crippen molar-refractivity contribution in [2.45, 2.75) is 12.3 Å². The summed E-state index contributed by atoms with van der Waals surface area (Å²) in [7, 11) is 0. The molecule has 3 aromatic carbocycles. The average Bonchev–Trinajstić information content (AvgIpc) is 2.87. The minimum atomic E-state index is -1.14. The third-order valence-electron chi connectivity index (χ3n) is 4.82. The number of carboxylic acids is 1. The van der Waals surface area contributed by atoms with Crippen molar-refractivity contribution in [3.8, 4) is 11.1 Å². The van der Waals surface area contributed by atoms with Crippen LogP contribution >= 0.6 is 0 Å². The molecule has 112 valence electrons. The van der Waals surface area contributed by atoms with E-state index in [0.717, 1.165) is 33.4 Å². The highest BCUT2D eigenvalue weighted by Gasteiger charge is 2.51. The Morgan fingerprint density at radius 2 is 1.17 bits per heavy atom. The van der Waals surface area contributed by atoms with Gasteiger partial charge in [-0.15, -0.1) is 0 Å². The first-order valence-electron chi connectivity index (χ1n) is 7.66. The zero-order chi connectivity index (χ0) is 16.0. The highest BCUT2D eigenvalue weighted by molar-refractivity contribution is 6.00. The van der Waals surface area contributed by atoms with Crippen molar-refractivity contribution >= 4 is 5.97 Å². The summed E-state index contributed by atoms with van der Waals surface area (Å²) in [6.45, 7) is 1.98. The summed E-state index contributed by atoms with van der Waals surface area (Å²) >= 11 is 0. The molecule has 3 aromatic rings. The molecule has 1 aliphatic rings. The Kier molecular flexibility index (Phi) is 2.88. The van der Waals surface area contributed by atoms with E-state index in [1.807, 2.05) is 79.7 Å². The van der Waals surface area contributed by atoms with Crippen LogP contribution in [0.5, 0.6) is 0 Å². The molecule has 2 heteroatoms. The second-order valence-electron chi connectivity index (χ2n) is 5.96. The maximum Gasteiger partial charge on any atom is 0.323 e. The van der Waals surface area contributed by atoms with E-state index < -0.39 is 11.4 Å². The lowest BCUT2D eigenvalue weighted by Gasteiger charge is -2.29. The minimum Gasteiger partial charge on any atom is -0.480 e. The van der Waals surface area contributed by atoms with Gasteiger partial charge in [-0.3, -0.25) is 4.79 Å². The van der Waals surface area contributed by atoms with Crippen molar-refractivity contribution in [2.24, 2.45) is 0 Å². The predicted octanol–water partition coefficient (Wildman–Crippen LogP) is 4.39. The molecule has 0 spiro atoms. The first-order valence-corrected chi connectivity index (χ1v) is 7.66. The monoisotopic (exact) mass is 300 g/mol. The molecule has 23 heavy (non-hydrogen) atoms. The Hall–Kier alpha value is -2.87. The maximum atomic E-state index is 12.6. The van der Waals surface area contributed by atoms with Gasteiger partial charge in [0.1, 0.15) is 5.41 Å². The number of carbonyl (C=O) groups is 1. The molecule has 0 aliphatic heterocycles. The van der Waals surface area contributed by atoms with Gasteiger partial charge < -0.3 is 5.11 Å². The van der Waals surface area contributed by atoms with Crippen LogP contribution in [0.25, 0.3) is 11.1 Å². The fourth-order valence-corrected chi connectivity index (χ4v) is 3.86. The van der Waals surface area contributed by atoms with E-state index in [9.17, 15) is 9.90 Å². The van der Waals surface area contributed by atoms with Gasteiger partial charge in [0.2, 0.25) is 0 Å². The van der Waals surface area contributed by atoms with Crippen LogP contribution in [0.4, 0.5) is 0 Å². The SMILES string of the molecule is Cc1ccccc1C1(C(=O)O)c2ccccc2-c2ccccc21. The lowest BCUT2D eigenvalue weighted by molar-refractivity contribution is -0.140. The normalized spacial score (nSPS) is 14.1. The van der Waals surface area contributed by atoms with E-state index in [-0.39, 0.29) is 0 Å². The van der Waals surface area contributed by atoms with Crippen LogP contribution in [0.3, 0.4) is 0 Å². The van der Waals surface area contributed by atoms with Crippen LogP contribution in [0.15, 0.2) is 72.8 Å². The van der Waals surface area contributed by atoms with Crippen LogP contribution in [0.1, 0.15) is 22.3 Å². The van der Waals surface area contributed by atoms with Crippen molar-refractivity contribution in [1.29, 1.82) is 0 Å². The van der Waals surface area contributed by atoms with Crippen molar-refractivity contribution in [2.75, 3.05) is 0 Å². The number of aliphatic carboxylic acids is 1. The van der Waals surface area contributed by atoms with E-state index in [2.05, 4.69) is 0 Å². The molecule has 0 aromatic heterocycles. The zero-order valence-corrected chi connectivity index (χ0v) is 12.8. The van der Waals surface area contributed by atoms with Gasteiger partial charge in [-0.05, 0) is 40.3 Å². The number of hydrogen-bond donors (Lipinski definition) is 1. The van der Waals surface area contributed by atoms with E-state index in [1.54, 1.807) is 0 Å². The van der Waals surface area contributed by atoms with Gasteiger partial charge in [0.25, 0.3) is 0 Å². The van der Waals surface area contributed by atoms with Crippen LogP contribution in [0.2, 0.25) is 0 Å². The van der Waals surface area contributed by atoms with Gasteiger partial charge in [-0.2, -0.15) is 0 Å². The van der Waals surface area contributed by atoms with E-state index in [4.69, 9.17) is 0 Å². The fourth-order valence-electron chi connectivity index (χ4n) is 3.86. The van der Waals surface area contributed by atoms with Crippen molar-refractivity contribution in [3.05, 3.63) is 95.1 Å². The van der Waals surface area contributed by atoms with Gasteiger partial charge in [0.05, 0.1) is 0 Å². The molecule has 4 rings (SSSR count). The summed E-state index contributed by atoms with van der Waals surface area (Å²) < 4.78 is 0. The van der Waals surface area contributed by atoms with Crippen LogP contribution in [-0.4, -0.2) is 11.1 Å². The predicted molar refractivity (Wildman–Crippen MR) is 90.6 cm³/mol. The second kappa shape index (κ2) is 4.82. The molecule has 0 saturated carbocycles. The highest BCUT2D eigenvalue weighted by Crippen LogP contribution is 2.53. The number of aryl methyl sites for hydroxylation is 1. The molecule has 0 saturated heterocycles. The Balaban J connectivity index is 2.20. The maximum absolute atomic E-state index is 12.6. The zero-order valence-electron chi connectivity index (χ0n) is 12.8. The Labute approximate surface area is 135 Å². The largest absolute Gasteiger partial charge is 0.480 e. The number of carboxylic acid groups (broad SMARTS) is 1. The smallest absolute Gasteiger partial charge is 0.323 e. The summed E-state index contributed by atoms with van der Waals surface area (Å²) in [5, 5.41) is 10.3. The molecule has 0 bridgehead atoms. The third kappa shape index (κ3) is 1.66. The first-order chi connectivity index (χ1) is 11.2. The van der Waals surface area contributed by atoms with Crippen molar-refractivity contribution < 1.29 is 9.90 Å². The summed E-state index contributed by atoms with van der Waals surface area (Å²) in [6.07, 6.45) is 0. The quantitative estimate of drug-likeness (QED) is 0.762. The van der Waals surface area contributed by atoms with Crippen LogP contribution in [-0.2, 0) is 10.2 Å². The minimum absolute atomic E-state index is 0.829. The fraction of sp³-hybridized carbons (Fsp3) is 0.0952. The third-order valence-corrected chi connectivity index (χ3v) is 4.82. The van der Waals surface area contributed by atoms with E-state index in [0.29, 0.717) is 0 Å². The summed E-state index contributed by atoms with van der Waals surface area (Å²) in [5.41, 5.74) is 4.40. The number of benzene rings is 3. The van der Waals surface area contributed by atoms with Gasteiger partial charge in [0.15, 0.2) is 0 Å². The number of fused-ring (bicyclic) bond motifs is 3. The summed E-state index contributed by atoms with van der Waals surface area (Å²) in [4.78, 5) is 12.6. The van der Waals surface area contributed by atoms with Crippen LogP contribution < -0.4 is 0 Å². The Bertz CT molecular complexity index is 879. The van der Waals surface area contributed by atoms with Gasteiger partial charge in [-0.25, -0.2) is 0 Å². The molecule has 1 aliphatic carbocycles. The standard InChI is InChI=1S/C21H16O2/c1-14-8-2-5-11-17(14)21(20(22)23)18-12-6-3-9-15(18)16-10-4-7-13-19(16)21/h2-13H,1H3,(H,22,23). The lowest BCUT2D eigenvalue weighted by atomic mass is 9.71. The highest BCUT2D eigenvalue weighted by atomic mass is 16.4. The van der Waals surface area contributed by atoms with Gasteiger partial charge in [0, 0.05) is 0 Å². The van der Waals surface area contributed by atoms with Gasteiger partial charge in [-0.1, -0.05) is 72.8 Å². The first kappa shape index (κ1) is 13.8. The lowest BCUT2D eigenvalue weighted by Crippen LogP contribution is -2.37. The molecule has 0 unspecified atom stereocenters. The Morgan fingerprint density at radius 1 is 0.739 bits per heavy atom. The molecule has 1 N–H and O–H groups in total. The molecule has 0 heterocycles. The van der Waals surface area contributed by atoms with Crippen LogP contribution in [0, 0.1) is 6.92 Å². The Morgan fingerprint density at radius 3 is 1.65 bits per heavy atom. The van der Waals surface area contributed by atoms with Crippen molar-refractivity contribution in [3.63, 3.8) is 0 Å². The van der Waals surface area contributed by atoms with E-state index in [1.165, 1.54) is 0 Å². The number of hydrogen-bond acceptors (Lipinski definition) is 1. The van der Waals surface area contributed by atoms with Crippen molar-refractivity contribution in [1.82, 2.24) is 0 Å². The second-order valence-corrected chi connectivity index (χ2v) is 5.96. The molecule has 0 radical (unpaired) electrons. The average molecular weight is 300 g/mol. The molecule has 0 fully saturated rings. The molecule has 0 atom stereocenters. The van der Waals surface area contributed by atoms with E-state index >= 15 is 0 Å². The molecular weight excluding hydrogens is 284 g/mol. The number of rotatable bonds is 2. The van der Waals surface area contributed by atoms with Gasteiger partial charge >= 0.3 is 5.97 Å². The molecule has 2 nitrogen and oxygen atoms in total. The molecule has 0 amide bonds. The molecular formula is C21H16O2. The summed E-state index contributed by atoms with van der Waals surface area (Å²) in [6, 6.07) is 23.4. The topological polar surface area (TPSA) is 37.3 Å².